The minimum atomic E-state index is -0.337. The third-order valence-electron chi connectivity index (χ3n) is 4.88. The summed E-state index contributed by atoms with van der Waals surface area (Å²) < 4.78 is 6.18. The van der Waals surface area contributed by atoms with Crippen molar-refractivity contribution < 1.29 is 9.53 Å². The van der Waals surface area contributed by atoms with Gasteiger partial charge in [0.05, 0.1) is 25.9 Å². The molecular weight excluding hydrogens is 318 g/mol. The van der Waals surface area contributed by atoms with Crippen LogP contribution in [-0.4, -0.2) is 64.1 Å². The molecule has 0 radical (unpaired) electrons. The smallest absolute Gasteiger partial charge is 0.254 e. The monoisotopic (exact) mass is 339 g/mol. The molecule has 4 rings (SSSR count). The van der Waals surface area contributed by atoms with Crippen molar-refractivity contribution in [2.24, 2.45) is 0 Å². The Balaban J connectivity index is 1.51. The minimum absolute atomic E-state index is 0.0432. The first-order valence-corrected chi connectivity index (χ1v) is 8.60. The number of anilines is 1. The summed E-state index contributed by atoms with van der Waals surface area (Å²) in [4.78, 5) is 29.4. The van der Waals surface area contributed by atoms with Gasteiger partial charge in [0.2, 0.25) is 0 Å². The Bertz CT molecular complexity index is 723. The molecule has 0 aromatic carbocycles. The first kappa shape index (κ1) is 16.0. The predicted molar refractivity (Wildman–Crippen MR) is 92.3 cm³/mol. The van der Waals surface area contributed by atoms with E-state index in [0.29, 0.717) is 25.3 Å². The van der Waals surface area contributed by atoms with Gasteiger partial charge in [-0.25, -0.2) is 4.98 Å². The maximum Gasteiger partial charge on any atom is 0.254 e. The number of amides is 1. The fourth-order valence-corrected chi connectivity index (χ4v) is 3.69. The number of pyridine rings is 1. The van der Waals surface area contributed by atoms with Crippen LogP contribution in [0, 0.1) is 0 Å². The number of aromatic nitrogens is 3. The molecule has 7 heteroatoms. The van der Waals surface area contributed by atoms with E-state index in [2.05, 4.69) is 19.9 Å². The highest BCUT2D eigenvalue weighted by atomic mass is 16.5. The topological polar surface area (TPSA) is 71.5 Å². The molecule has 0 saturated carbocycles. The van der Waals surface area contributed by atoms with Crippen molar-refractivity contribution in [2.45, 2.75) is 18.4 Å². The van der Waals surface area contributed by atoms with Gasteiger partial charge in [0.15, 0.2) is 0 Å². The number of nitrogens with zero attached hydrogens (tertiary/aromatic N) is 5. The maximum atomic E-state index is 12.8. The van der Waals surface area contributed by atoms with E-state index in [1.54, 1.807) is 43.1 Å². The van der Waals surface area contributed by atoms with Gasteiger partial charge >= 0.3 is 0 Å². The van der Waals surface area contributed by atoms with E-state index in [0.717, 1.165) is 31.7 Å². The molecule has 2 aromatic rings. The molecule has 1 unspecified atom stereocenters. The Morgan fingerprint density at radius 3 is 2.76 bits per heavy atom. The Kier molecular flexibility index (Phi) is 4.31. The molecule has 25 heavy (non-hydrogen) atoms. The van der Waals surface area contributed by atoms with Gasteiger partial charge in [-0.1, -0.05) is 0 Å². The van der Waals surface area contributed by atoms with E-state index >= 15 is 0 Å². The molecule has 1 spiro atoms. The van der Waals surface area contributed by atoms with E-state index < -0.39 is 0 Å². The fraction of sp³-hybridized carbons (Fsp3) is 0.444. The van der Waals surface area contributed by atoms with Gasteiger partial charge in [0, 0.05) is 43.4 Å². The van der Waals surface area contributed by atoms with E-state index in [1.807, 2.05) is 4.90 Å². The van der Waals surface area contributed by atoms with Crippen molar-refractivity contribution in [3.8, 4) is 0 Å². The van der Waals surface area contributed by atoms with Crippen LogP contribution in [-0.2, 0) is 4.74 Å². The SMILES string of the molecule is O=C(c1ccncc1)N1CCOC2(CCCN(c3cnccn3)C2)C1. The van der Waals surface area contributed by atoms with Crippen molar-refractivity contribution in [1.82, 2.24) is 19.9 Å². The van der Waals surface area contributed by atoms with Gasteiger partial charge in [-0.05, 0) is 25.0 Å². The van der Waals surface area contributed by atoms with Crippen LogP contribution in [0.4, 0.5) is 5.82 Å². The summed E-state index contributed by atoms with van der Waals surface area (Å²) in [5.41, 5.74) is 0.338. The standard InChI is InChI=1S/C18H21N5O2/c24-17(15-2-5-19-6-3-15)23-10-11-25-18(14-23)4-1-9-22(13-18)16-12-20-7-8-21-16/h2-3,5-8,12H,1,4,9-11,13-14H2. The van der Waals surface area contributed by atoms with Crippen LogP contribution in [0.1, 0.15) is 23.2 Å². The average molecular weight is 339 g/mol. The lowest BCUT2D eigenvalue weighted by molar-refractivity contribution is -0.105. The molecule has 2 aliphatic heterocycles. The lowest BCUT2D eigenvalue weighted by atomic mass is 9.90. The summed E-state index contributed by atoms with van der Waals surface area (Å²) in [5, 5.41) is 0. The zero-order valence-electron chi connectivity index (χ0n) is 14.0. The van der Waals surface area contributed by atoms with E-state index in [9.17, 15) is 4.79 Å². The molecule has 0 N–H and O–H groups in total. The van der Waals surface area contributed by atoms with E-state index in [-0.39, 0.29) is 11.5 Å². The van der Waals surface area contributed by atoms with Crippen LogP contribution in [0.3, 0.4) is 0 Å². The van der Waals surface area contributed by atoms with Crippen LogP contribution in [0.5, 0.6) is 0 Å². The average Bonchev–Trinajstić information content (AvgIpc) is 2.69. The van der Waals surface area contributed by atoms with Crippen LogP contribution < -0.4 is 4.90 Å². The van der Waals surface area contributed by atoms with Crippen molar-refractivity contribution in [1.29, 1.82) is 0 Å². The first-order valence-electron chi connectivity index (χ1n) is 8.60. The van der Waals surface area contributed by atoms with Gasteiger partial charge in [0.25, 0.3) is 5.91 Å². The van der Waals surface area contributed by atoms with E-state index in [1.165, 1.54) is 0 Å². The summed E-state index contributed by atoms with van der Waals surface area (Å²) >= 11 is 0. The number of ether oxygens (including phenoxy) is 1. The molecule has 2 aliphatic rings. The summed E-state index contributed by atoms with van der Waals surface area (Å²) in [6.45, 7) is 3.44. The highest BCUT2D eigenvalue weighted by Gasteiger charge is 2.42. The molecule has 2 saturated heterocycles. The van der Waals surface area contributed by atoms with Gasteiger partial charge < -0.3 is 14.5 Å². The van der Waals surface area contributed by atoms with Crippen molar-refractivity contribution in [3.63, 3.8) is 0 Å². The minimum Gasteiger partial charge on any atom is -0.369 e. The number of hydrogen-bond donors (Lipinski definition) is 0. The van der Waals surface area contributed by atoms with Crippen LogP contribution in [0.15, 0.2) is 43.1 Å². The van der Waals surface area contributed by atoms with Gasteiger partial charge in [-0.2, -0.15) is 0 Å². The second kappa shape index (κ2) is 6.76. The summed E-state index contributed by atoms with van der Waals surface area (Å²) in [6, 6.07) is 3.52. The molecule has 1 atom stereocenters. The highest BCUT2D eigenvalue weighted by molar-refractivity contribution is 5.94. The molecule has 1 amide bonds. The Labute approximate surface area is 146 Å². The lowest BCUT2D eigenvalue weighted by Crippen LogP contribution is -2.61. The zero-order chi connectivity index (χ0) is 17.1. The molecular formula is C18H21N5O2. The highest BCUT2D eigenvalue weighted by Crippen LogP contribution is 2.31. The second-order valence-corrected chi connectivity index (χ2v) is 6.58. The molecule has 0 bridgehead atoms. The first-order chi connectivity index (χ1) is 12.3. The largest absolute Gasteiger partial charge is 0.369 e. The second-order valence-electron chi connectivity index (χ2n) is 6.58. The quantitative estimate of drug-likeness (QED) is 0.823. The van der Waals surface area contributed by atoms with Crippen LogP contribution >= 0.6 is 0 Å². The molecule has 7 nitrogen and oxygen atoms in total. The van der Waals surface area contributed by atoms with Gasteiger partial charge in [-0.3, -0.25) is 14.8 Å². The van der Waals surface area contributed by atoms with Crippen LogP contribution in [0.2, 0.25) is 0 Å². The zero-order valence-corrected chi connectivity index (χ0v) is 14.0. The predicted octanol–water partition coefficient (Wildman–Crippen LogP) is 1.38. The normalized spacial score (nSPS) is 23.7. The van der Waals surface area contributed by atoms with Crippen molar-refractivity contribution >= 4 is 11.7 Å². The third kappa shape index (κ3) is 3.32. The Morgan fingerprint density at radius 2 is 1.96 bits per heavy atom. The number of hydrogen-bond acceptors (Lipinski definition) is 6. The van der Waals surface area contributed by atoms with Gasteiger partial charge in [0.1, 0.15) is 11.4 Å². The summed E-state index contributed by atoms with van der Waals surface area (Å²) in [5.74, 6) is 0.907. The molecule has 0 aliphatic carbocycles. The Hall–Kier alpha value is -2.54. The maximum absolute atomic E-state index is 12.8. The van der Waals surface area contributed by atoms with Crippen LogP contribution in [0.25, 0.3) is 0 Å². The summed E-state index contributed by atoms with van der Waals surface area (Å²) in [6.07, 6.45) is 10.4. The number of piperidine rings is 1. The van der Waals surface area contributed by atoms with Gasteiger partial charge in [-0.15, -0.1) is 0 Å². The van der Waals surface area contributed by atoms with Crippen molar-refractivity contribution in [3.05, 3.63) is 48.7 Å². The lowest BCUT2D eigenvalue weighted by Gasteiger charge is -2.48. The van der Waals surface area contributed by atoms with E-state index in [4.69, 9.17) is 4.74 Å². The number of morpholine rings is 1. The molecule has 2 aromatic heterocycles. The Morgan fingerprint density at radius 1 is 1.08 bits per heavy atom. The molecule has 2 fully saturated rings. The number of rotatable bonds is 2. The number of carbonyl (C=O) groups excluding carboxylic acids is 1. The van der Waals surface area contributed by atoms with Crippen molar-refractivity contribution in [2.75, 3.05) is 37.7 Å². The summed E-state index contributed by atoms with van der Waals surface area (Å²) in [7, 11) is 0. The molecule has 130 valence electrons. The molecule has 4 heterocycles. The number of carbonyl (C=O) groups is 1. The third-order valence-corrected chi connectivity index (χ3v) is 4.88. The fourth-order valence-electron chi connectivity index (χ4n) is 3.69.